The number of thiocarbonyl (C=S) groups is 1. The number of nitrogens with zero attached hydrogens (tertiary/aromatic N) is 3. The summed E-state index contributed by atoms with van der Waals surface area (Å²) in [6.07, 6.45) is 1.97. The van der Waals surface area contributed by atoms with Gasteiger partial charge in [0.15, 0.2) is 5.11 Å². The maximum Gasteiger partial charge on any atom is 0.337 e. The van der Waals surface area contributed by atoms with E-state index in [2.05, 4.69) is 21.7 Å². The first-order chi connectivity index (χ1) is 20.8. The monoisotopic (exact) mass is 589 g/mol. The molecule has 0 spiro atoms. The highest BCUT2D eigenvalue weighted by atomic mass is 32.1. The molecule has 2 atom stereocenters. The van der Waals surface area contributed by atoms with Crippen LogP contribution in [0.1, 0.15) is 51.5 Å². The molecule has 8 nitrogen and oxygen atoms in total. The largest absolute Gasteiger partial charge is 0.478 e. The minimum atomic E-state index is -0.987. The van der Waals surface area contributed by atoms with E-state index < -0.39 is 5.97 Å². The van der Waals surface area contributed by atoms with Crippen LogP contribution in [0.25, 0.3) is 16.5 Å². The number of amides is 1. The lowest BCUT2D eigenvalue weighted by molar-refractivity contribution is -0.116. The van der Waals surface area contributed by atoms with Gasteiger partial charge in [-0.3, -0.25) is 9.78 Å². The number of aromatic carboxylic acids is 1. The smallest absolute Gasteiger partial charge is 0.337 e. The lowest BCUT2D eigenvalue weighted by Gasteiger charge is -2.28. The number of anilines is 1. The van der Waals surface area contributed by atoms with Crippen LogP contribution in [0.2, 0.25) is 0 Å². The third-order valence-corrected chi connectivity index (χ3v) is 8.36. The van der Waals surface area contributed by atoms with Crippen LogP contribution < -0.4 is 10.6 Å². The second kappa shape index (κ2) is 11.7. The Morgan fingerprint density at radius 2 is 1.72 bits per heavy atom. The molecule has 3 aromatic carbocycles. The number of fused-ring (bicyclic) bond motifs is 1. The van der Waals surface area contributed by atoms with Crippen molar-refractivity contribution < 1.29 is 14.7 Å². The first-order valence-electron chi connectivity index (χ1n) is 14.1. The molecule has 2 aromatic heterocycles. The Labute approximate surface area is 255 Å². The van der Waals surface area contributed by atoms with E-state index in [4.69, 9.17) is 12.2 Å². The molecule has 0 bridgehead atoms. The van der Waals surface area contributed by atoms with Crippen LogP contribution in [0.5, 0.6) is 0 Å². The number of hydrogen-bond donors (Lipinski definition) is 3. The summed E-state index contributed by atoms with van der Waals surface area (Å²) in [7, 11) is 0. The number of carboxylic acid groups (broad SMARTS) is 1. The van der Waals surface area contributed by atoms with E-state index >= 15 is 0 Å². The molecule has 1 fully saturated rings. The standard InChI is InChI=1S/C34H31N5O3S/c1-21-20-26(22(2)39(21)29-16-6-5-13-25(29)33(41)42)32-31(28-14-7-8-18-35-28)37-34(43)38(32)19-17-30(40)36-27-15-9-11-23-10-3-4-12-24(23)27/h3-16,18,20,31-32H,17,19H2,1-2H3,(H,36,40)(H,37,43)(H,41,42)/t31-,32-/m1/s1. The number of pyridine rings is 1. The van der Waals surface area contributed by atoms with Crippen molar-refractivity contribution in [2.75, 3.05) is 11.9 Å². The van der Waals surface area contributed by atoms with Gasteiger partial charge in [-0.1, -0.05) is 54.6 Å². The molecule has 5 aromatic rings. The topological polar surface area (TPSA) is 99.5 Å². The molecule has 6 rings (SSSR count). The molecule has 1 aliphatic heterocycles. The Balaban J connectivity index is 1.33. The van der Waals surface area contributed by atoms with E-state index in [0.717, 1.165) is 39.1 Å². The Morgan fingerprint density at radius 3 is 2.51 bits per heavy atom. The second-order valence-corrected chi connectivity index (χ2v) is 11.0. The molecule has 1 saturated heterocycles. The molecule has 0 aliphatic carbocycles. The summed E-state index contributed by atoms with van der Waals surface area (Å²) >= 11 is 5.84. The number of rotatable bonds is 8. The molecule has 1 aliphatic rings. The molecule has 1 amide bonds. The van der Waals surface area contributed by atoms with Crippen molar-refractivity contribution in [2.24, 2.45) is 0 Å². The van der Waals surface area contributed by atoms with Gasteiger partial charge in [0.05, 0.1) is 29.0 Å². The van der Waals surface area contributed by atoms with Crippen LogP contribution in [-0.4, -0.2) is 43.1 Å². The lowest BCUT2D eigenvalue weighted by atomic mass is 9.96. The summed E-state index contributed by atoms with van der Waals surface area (Å²) < 4.78 is 1.97. The molecular weight excluding hydrogens is 558 g/mol. The number of aryl methyl sites for hydroxylation is 1. The SMILES string of the molecule is Cc1cc([C@@H]2[C@@H](c3ccccn3)NC(=S)N2CCC(=O)Nc2cccc3ccccc23)c(C)n1-c1ccccc1C(=O)O. The van der Waals surface area contributed by atoms with Gasteiger partial charge in [-0.25, -0.2) is 4.79 Å². The first kappa shape index (κ1) is 28.1. The van der Waals surface area contributed by atoms with E-state index in [1.54, 1.807) is 18.3 Å². The predicted molar refractivity (Wildman–Crippen MR) is 172 cm³/mol. The molecule has 0 radical (unpaired) electrons. The Bertz CT molecular complexity index is 1850. The number of para-hydroxylation sites is 1. The fourth-order valence-corrected chi connectivity index (χ4v) is 6.39. The van der Waals surface area contributed by atoms with Gasteiger partial charge < -0.3 is 25.2 Å². The van der Waals surface area contributed by atoms with Gasteiger partial charge in [0, 0.05) is 41.6 Å². The van der Waals surface area contributed by atoms with Gasteiger partial charge in [-0.2, -0.15) is 0 Å². The van der Waals surface area contributed by atoms with Crippen LogP contribution in [0.3, 0.4) is 0 Å². The molecule has 3 heterocycles. The number of nitrogens with one attached hydrogen (secondary N) is 2. The summed E-state index contributed by atoms with van der Waals surface area (Å²) in [6.45, 7) is 4.34. The minimum Gasteiger partial charge on any atom is -0.478 e. The van der Waals surface area contributed by atoms with E-state index in [9.17, 15) is 14.7 Å². The van der Waals surface area contributed by atoms with Gasteiger partial charge in [-0.05, 0) is 73.4 Å². The predicted octanol–water partition coefficient (Wildman–Crippen LogP) is 6.34. The second-order valence-electron chi connectivity index (χ2n) is 10.6. The Kier molecular flexibility index (Phi) is 7.65. The van der Waals surface area contributed by atoms with Crippen molar-refractivity contribution in [3.8, 4) is 5.69 Å². The third kappa shape index (κ3) is 5.35. The maximum absolute atomic E-state index is 13.3. The normalized spacial score (nSPS) is 16.3. The van der Waals surface area contributed by atoms with Crippen molar-refractivity contribution in [2.45, 2.75) is 32.4 Å². The Hall–Kier alpha value is -5.02. The van der Waals surface area contributed by atoms with Crippen molar-refractivity contribution in [3.63, 3.8) is 0 Å². The van der Waals surface area contributed by atoms with Crippen LogP contribution >= 0.6 is 12.2 Å². The zero-order valence-corrected chi connectivity index (χ0v) is 24.6. The van der Waals surface area contributed by atoms with Gasteiger partial charge in [0.1, 0.15) is 0 Å². The van der Waals surface area contributed by atoms with Crippen LogP contribution in [-0.2, 0) is 4.79 Å². The fourth-order valence-electron chi connectivity index (χ4n) is 6.06. The van der Waals surface area contributed by atoms with Gasteiger partial charge >= 0.3 is 5.97 Å². The molecule has 3 N–H and O–H groups in total. The van der Waals surface area contributed by atoms with Crippen molar-refractivity contribution in [1.82, 2.24) is 19.8 Å². The molecule has 216 valence electrons. The molecule has 0 unspecified atom stereocenters. The number of carbonyl (C=O) groups is 2. The number of carbonyl (C=O) groups excluding carboxylic acids is 1. The fraction of sp³-hybridized carbons (Fsp3) is 0.176. The highest BCUT2D eigenvalue weighted by molar-refractivity contribution is 7.80. The summed E-state index contributed by atoms with van der Waals surface area (Å²) in [5, 5.41) is 19.0. The first-order valence-corrected chi connectivity index (χ1v) is 14.5. The number of hydrogen-bond acceptors (Lipinski definition) is 4. The summed E-state index contributed by atoms with van der Waals surface area (Å²) in [4.78, 5) is 32.0. The maximum atomic E-state index is 13.3. The van der Waals surface area contributed by atoms with Crippen LogP contribution in [0.15, 0.2) is 97.2 Å². The van der Waals surface area contributed by atoms with Gasteiger partial charge in [-0.15, -0.1) is 0 Å². The molecular formula is C34H31N5O3S. The summed E-state index contributed by atoms with van der Waals surface area (Å²) in [6, 6.07) is 28.1. The zero-order valence-electron chi connectivity index (χ0n) is 23.8. The van der Waals surface area contributed by atoms with E-state index in [1.807, 2.05) is 96.1 Å². The molecule has 43 heavy (non-hydrogen) atoms. The van der Waals surface area contributed by atoms with E-state index in [-0.39, 0.29) is 30.0 Å². The molecule has 0 saturated carbocycles. The lowest BCUT2D eigenvalue weighted by Crippen LogP contribution is -2.33. The molecule has 9 heteroatoms. The Morgan fingerprint density at radius 1 is 0.977 bits per heavy atom. The zero-order chi connectivity index (χ0) is 30.1. The van der Waals surface area contributed by atoms with E-state index in [1.165, 1.54) is 0 Å². The number of aromatic nitrogens is 2. The number of benzene rings is 3. The highest BCUT2D eigenvalue weighted by Crippen LogP contribution is 2.41. The highest BCUT2D eigenvalue weighted by Gasteiger charge is 2.41. The minimum absolute atomic E-state index is 0.111. The summed E-state index contributed by atoms with van der Waals surface area (Å²) in [5.41, 5.74) is 5.19. The average Bonchev–Trinajstić information content (AvgIpc) is 3.50. The summed E-state index contributed by atoms with van der Waals surface area (Å²) in [5.74, 6) is -1.10. The van der Waals surface area contributed by atoms with Crippen molar-refractivity contribution in [1.29, 1.82) is 0 Å². The average molecular weight is 590 g/mol. The van der Waals surface area contributed by atoms with Gasteiger partial charge in [0.25, 0.3) is 0 Å². The third-order valence-electron chi connectivity index (χ3n) is 8.01. The number of carboxylic acids is 1. The van der Waals surface area contributed by atoms with Crippen LogP contribution in [0, 0.1) is 13.8 Å². The van der Waals surface area contributed by atoms with E-state index in [0.29, 0.717) is 17.3 Å². The van der Waals surface area contributed by atoms with Crippen molar-refractivity contribution >= 4 is 45.7 Å². The van der Waals surface area contributed by atoms with Crippen molar-refractivity contribution in [3.05, 3.63) is 125 Å². The quantitative estimate of drug-likeness (QED) is 0.182. The van der Waals surface area contributed by atoms with Crippen LogP contribution in [0.4, 0.5) is 5.69 Å². The van der Waals surface area contributed by atoms with Gasteiger partial charge in [0.2, 0.25) is 5.91 Å².